The highest BCUT2D eigenvalue weighted by Crippen LogP contribution is 2.37. The first-order valence-electron chi connectivity index (χ1n) is 12.3. The maximum absolute atomic E-state index is 14.1. The van der Waals surface area contributed by atoms with E-state index in [2.05, 4.69) is 29.8 Å². The number of halogens is 1. The molecule has 188 valence electrons. The van der Waals surface area contributed by atoms with E-state index in [-0.39, 0.29) is 17.2 Å². The smallest absolute Gasteiger partial charge is 0.336 e. The first-order chi connectivity index (χ1) is 17.2. The van der Waals surface area contributed by atoms with Gasteiger partial charge in [-0.05, 0) is 85.2 Å². The molecular formula is C29H32FN3O3. The summed E-state index contributed by atoms with van der Waals surface area (Å²) in [5.74, 6) is -0.746. The number of aryl methyl sites for hydroxylation is 1. The molecule has 7 heteroatoms. The van der Waals surface area contributed by atoms with Gasteiger partial charge >= 0.3 is 12.0 Å². The quantitative estimate of drug-likeness (QED) is 0.266. The van der Waals surface area contributed by atoms with Crippen molar-refractivity contribution >= 4 is 29.1 Å². The van der Waals surface area contributed by atoms with Crippen LogP contribution in [0, 0.1) is 24.6 Å². The molecule has 1 atom stereocenters. The number of hydrogen-bond donors (Lipinski definition) is 4. The van der Waals surface area contributed by atoms with Crippen molar-refractivity contribution in [3.63, 3.8) is 0 Å². The Morgan fingerprint density at radius 1 is 0.944 bits per heavy atom. The van der Waals surface area contributed by atoms with E-state index in [9.17, 15) is 19.1 Å². The molecule has 36 heavy (non-hydrogen) atoms. The molecule has 4 rings (SSSR count). The third kappa shape index (κ3) is 5.85. The standard InChI is InChI=1S/C29H32FN3O3/c1-17(2)27(19-5-4-6-19)32-25-14-9-20(24-16-21(30)10-13-23(24)28(34)35)15-26(25)33-29(36)31-22-11-7-18(3)8-12-22/h7-17,19,27,32H,4-6H2,1-3H3,(H,34,35)(H2,31,33,36). The summed E-state index contributed by atoms with van der Waals surface area (Å²) in [5.41, 5.74) is 3.68. The zero-order valence-corrected chi connectivity index (χ0v) is 20.8. The van der Waals surface area contributed by atoms with Gasteiger partial charge in [0.15, 0.2) is 0 Å². The molecule has 6 nitrogen and oxygen atoms in total. The average molecular weight is 490 g/mol. The van der Waals surface area contributed by atoms with Crippen molar-refractivity contribution in [2.45, 2.75) is 46.1 Å². The molecule has 1 fully saturated rings. The van der Waals surface area contributed by atoms with Gasteiger partial charge in [-0.25, -0.2) is 14.0 Å². The molecule has 1 unspecified atom stereocenters. The van der Waals surface area contributed by atoms with Gasteiger partial charge < -0.3 is 21.1 Å². The minimum atomic E-state index is -1.15. The van der Waals surface area contributed by atoms with Crippen molar-refractivity contribution in [2.24, 2.45) is 11.8 Å². The van der Waals surface area contributed by atoms with Crippen molar-refractivity contribution in [3.05, 3.63) is 77.6 Å². The number of nitrogens with one attached hydrogen (secondary N) is 3. The predicted molar refractivity (Wildman–Crippen MR) is 142 cm³/mol. The van der Waals surface area contributed by atoms with Crippen molar-refractivity contribution in [1.82, 2.24) is 0 Å². The summed E-state index contributed by atoms with van der Waals surface area (Å²) < 4.78 is 14.1. The van der Waals surface area contributed by atoms with Crippen LogP contribution >= 0.6 is 0 Å². The van der Waals surface area contributed by atoms with Crippen LogP contribution in [0.2, 0.25) is 0 Å². The highest BCUT2D eigenvalue weighted by atomic mass is 19.1. The lowest BCUT2D eigenvalue weighted by Crippen LogP contribution is -2.38. The molecule has 0 aromatic heterocycles. The van der Waals surface area contributed by atoms with Gasteiger partial charge in [-0.1, -0.05) is 44.0 Å². The average Bonchev–Trinajstić information content (AvgIpc) is 2.79. The topological polar surface area (TPSA) is 90.5 Å². The Bertz CT molecular complexity index is 1250. The van der Waals surface area contributed by atoms with Crippen LogP contribution in [-0.2, 0) is 0 Å². The zero-order chi connectivity index (χ0) is 25.8. The Morgan fingerprint density at radius 2 is 1.67 bits per heavy atom. The number of rotatable bonds is 8. The molecule has 2 amide bonds. The summed E-state index contributed by atoms with van der Waals surface area (Å²) in [5, 5.41) is 19.0. The molecule has 1 aliphatic carbocycles. The second kappa shape index (κ2) is 10.8. The van der Waals surface area contributed by atoms with Crippen molar-refractivity contribution in [2.75, 3.05) is 16.0 Å². The van der Waals surface area contributed by atoms with E-state index in [1.807, 2.05) is 37.3 Å². The molecule has 0 heterocycles. The van der Waals surface area contributed by atoms with E-state index in [1.165, 1.54) is 18.6 Å². The number of hydrogen-bond acceptors (Lipinski definition) is 3. The van der Waals surface area contributed by atoms with Crippen LogP contribution in [0.3, 0.4) is 0 Å². The van der Waals surface area contributed by atoms with E-state index in [1.54, 1.807) is 12.1 Å². The number of carboxylic acids is 1. The number of carbonyl (C=O) groups excluding carboxylic acids is 1. The summed E-state index contributed by atoms with van der Waals surface area (Å²) in [6, 6.07) is 16.1. The van der Waals surface area contributed by atoms with Gasteiger partial charge in [-0.15, -0.1) is 0 Å². The number of benzene rings is 3. The maximum Gasteiger partial charge on any atom is 0.336 e. The molecule has 4 N–H and O–H groups in total. The van der Waals surface area contributed by atoms with Crippen molar-refractivity contribution in [3.8, 4) is 11.1 Å². The van der Waals surface area contributed by atoms with Crippen LogP contribution in [0.15, 0.2) is 60.7 Å². The van der Waals surface area contributed by atoms with E-state index in [0.29, 0.717) is 28.8 Å². The summed E-state index contributed by atoms with van der Waals surface area (Å²) in [7, 11) is 0. The van der Waals surface area contributed by atoms with Crippen LogP contribution in [0.25, 0.3) is 11.1 Å². The fourth-order valence-corrected chi connectivity index (χ4v) is 4.61. The Balaban J connectivity index is 1.69. The lowest BCUT2D eigenvalue weighted by molar-refractivity contribution is 0.0697. The van der Waals surface area contributed by atoms with Crippen LogP contribution in [-0.4, -0.2) is 23.1 Å². The Labute approximate surface area is 210 Å². The molecule has 1 aliphatic rings. The summed E-state index contributed by atoms with van der Waals surface area (Å²) in [4.78, 5) is 24.7. The van der Waals surface area contributed by atoms with E-state index in [0.717, 1.165) is 30.2 Å². The van der Waals surface area contributed by atoms with Gasteiger partial charge in [-0.3, -0.25) is 0 Å². The van der Waals surface area contributed by atoms with Gasteiger partial charge in [0.1, 0.15) is 5.82 Å². The third-order valence-corrected chi connectivity index (χ3v) is 6.80. The largest absolute Gasteiger partial charge is 0.478 e. The third-order valence-electron chi connectivity index (χ3n) is 6.80. The minimum Gasteiger partial charge on any atom is -0.478 e. The predicted octanol–water partition coefficient (Wildman–Crippen LogP) is 7.38. The zero-order valence-electron chi connectivity index (χ0n) is 20.8. The van der Waals surface area contributed by atoms with Gasteiger partial charge in [0.2, 0.25) is 0 Å². The summed E-state index contributed by atoms with van der Waals surface area (Å²) in [6.45, 7) is 6.32. The SMILES string of the molecule is Cc1ccc(NC(=O)Nc2cc(-c3cc(F)ccc3C(=O)O)ccc2NC(C(C)C)C2CCC2)cc1. The highest BCUT2D eigenvalue weighted by Gasteiger charge is 2.30. The summed E-state index contributed by atoms with van der Waals surface area (Å²) in [6.07, 6.45) is 3.54. The Kier molecular flexibility index (Phi) is 7.58. The van der Waals surface area contributed by atoms with Gasteiger partial charge in [0.25, 0.3) is 0 Å². The Morgan fingerprint density at radius 3 is 2.28 bits per heavy atom. The first-order valence-corrected chi connectivity index (χ1v) is 12.3. The second-order valence-corrected chi connectivity index (χ2v) is 9.81. The molecule has 1 saturated carbocycles. The highest BCUT2D eigenvalue weighted by molar-refractivity contribution is 6.03. The minimum absolute atomic E-state index is 0.0123. The number of anilines is 3. The molecule has 0 bridgehead atoms. The normalized spacial score (nSPS) is 14.1. The van der Waals surface area contributed by atoms with Crippen LogP contribution in [0.5, 0.6) is 0 Å². The second-order valence-electron chi connectivity index (χ2n) is 9.81. The van der Waals surface area contributed by atoms with Crippen LogP contribution < -0.4 is 16.0 Å². The number of carbonyl (C=O) groups is 2. The van der Waals surface area contributed by atoms with Gasteiger partial charge in [0.05, 0.1) is 16.9 Å². The lowest BCUT2D eigenvalue weighted by atomic mass is 9.75. The maximum atomic E-state index is 14.1. The van der Waals surface area contributed by atoms with Crippen molar-refractivity contribution in [1.29, 1.82) is 0 Å². The van der Waals surface area contributed by atoms with Gasteiger partial charge in [-0.2, -0.15) is 0 Å². The van der Waals surface area contributed by atoms with E-state index >= 15 is 0 Å². The van der Waals surface area contributed by atoms with E-state index < -0.39 is 17.8 Å². The molecule has 3 aromatic carbocycles. The van der Waals surface area contributed by atoms with Crippen molar-refractivity contribution < 1.29 is 19.1 Å². The molecule has 0 spiro atoms. The van der Waals surface area contributed by atoms with E-state index in [4.69, 9.17) is 0 Å². The number of carboxylic acid groups (broad SMARTS) is 1. The summed E-state index contributed by atoms with van der Waals surface area (Å²) >= 11 is 0. The molecule has 0 radical (unpaired) electrons. The molecule has 0 aliphatic heterocycles. The fraction of sp³-hybridized carbons (Fsp3) is 0.310. The molecule has 0 saturated heterocycles. The first kappa shape index (κ1) is 25.2. The number of urea groups is 1. The number of aromatic carboxylic acids is 1. The van der Waals surface area contributed by atoms with Crippen LogP contribution in [0.4, 0.5) is 26.2 Å². The Hall–Kier alpha value is -3.87. The van der Waals surface area contributed by atoms with Crippen LogP contribution in [0.1, 0.15) is 49.0 Å². The molecular weight excluding hydrogens is 457 g/mol. The van der Waals surface area contributed by atoms with Gasteiger partial charge in [0, 0.05) is 11.7 Å². The molecule has 3 aromatic rings. The fourth-order valence-electron chi connectivity index (χ4n) is 4.61. The monoisotopic (exact) mass is 489 g/mol. The number of amides is 2. The lowest BCUT2D eigenvalue weighted by Gasteiger charge is -2.38.